The molecule has 0 saturated heterocycles. The molecule has 0 spiro atoms. The van der Waals surface area contributed by atoms with Gasteiger partial charge in [0.2, 0.25) is 5.89 Å². The fourth-order valence-corrected chi connectivity index (χ4v) is 3.85. The Balaban J connectivity index is 0.00000300. The Kier molecular flexibility index (Phi) is 9.42. The second-order valence-electron chi connectivity index (χ2n) is 7.71. The molecule has 1 saturated carbocycles. The molecule has 0 amide bonds. The molecule has 2 aromatic rings. The molecule has 160 valence electrons. The molecular weight excluding hydrogens is 479 g/mol. The fraction of sp³-hybridized carbons (Fsp3) is 0.545. The Morgan fingerprint density at radius 3 is 2.59 bits per heavy atom. The number of hydrogen-bond acceptors (Lipinski definition) is 4. The summed E-state index contributed by atoms with van der Waals surface area (Å²) >= 11 is 0. The molecule has 1 aliphatic rings. The molecule has 1 fully saturated rings. The van der Waals surface area contributed by atoms with Gasteiger partial charge in [0.15, 0.2) is 11.7 Å². The van der Waals surface area contributed by atoms with Crippen molar-refractivity contribution in [3.63, 3.8) is 0 Å². The van der Waals surface area contributed by atoms with E-state index in [0.29, 0.717) is 17.9 Å². The zero-order valence-electron chi connectivity index (χ0n) is 17.7. The molecule has 1 heterocycles. The summed E-state index contributed by atoms with van der Waals surface area (Å²) in [6.07, 6.45) is 7.97. The number of aromatic nitrogens is 1. The summed E-state index contributed by atoms with van der Waals surface area (Å²) in [5.74, 6) is 2.21. The number of oxazole rings is 1. The van der Waals surface area contributed by atoms with Gasteiger partial charge in [0.1, 0.15) is 0 Å². The fourth-order valence-electron chi connectivity index (χ4n) is 3.85. The van der Waals surface area contributed by atoms with Gasteiger partial charge >= 0.3 is 0 Å². The summed E-state index contributed by atoms with van der Waals surface area (Å²) in [6, 6.07) is 8.25. The first-order chi connectivity index (χ1) is 13.6. The van der Waals surface area contributed by atoms with Crippen LogP contribution < -0.4 is 10.6 Å². The number of hydrogen-bond donors (Lipinski definition) is 2. The van der Waals surface area contributed by atoms with Crippen LogP contribution in [0, 0.1) is 12.3 Å². The number of benzene rings is 1. The lowest BCUT2D eigenvalue weighted by atomic mass is 9.83. The predicted molar refractivity (Wildman–Crippen MR) is 128 cm³/mol. The SMILES string of the molecule is CN=C(NCc1ncc(-c2ccc(C)cc2)o1)NCC1(CCOC)CCCC1.I. The van der Waals surface area contributed by atoms with Crippen LogP contribution >= 0.6 is 24.0 Å². The van der Waals surface area contributed by atoms with Crippen LogP contribution in [-0.4, -0.2) is 38.3 Å². The standard InChI is InChI=1S/C22H32N4O2.HI/c1-17-6-8-18(9-7-17)19-14-24-20(28-19)15-25-21(23-2)26-16-22(12-13-27-3)10-4-5-11-22;/h6-9,14H,4-5,10-13,15-16H2,1-3H3,(H2,23,25,26);1H. The van der Waals surface area contributed by atoms with Crippen LogP contribution in [0.1, 0.15) is 43.6 Å². The van der Waals surface area contributed by atoms with Crippen LogP contribution in [0.15, 0.2) is 39.9 Å². The van der Waals surface area contributed by atoms with Gasteiger partial charge in [-0.3, -0.25) is 4.99 Å². The van der Waals surface area contributed by atoms with E-state index in [1.165, 1.54) is 31.2 Å². The van der Waals surface area contributed by atoms with Gasteiger partial charge in [-0.2, -0.15) is 0 Å². The van der Waals surface area contributed by atoms with Crippen molar-refractivity contribution in [1.82, 2.24) is 15.6 Å². The highest BCUT2D eigenvalue weighted by Gasteiger charge is 2.33. The Labute approximate surface area is 190 Å². The molecule has 0 unspecified atom stereocenters. The average Bonchev–Trinajstić information content (AvgIpc) is 3.37. The first-order valence-electron chi connectivity index (χ1n) is 10.1. The number of rotatable bonds is 8. The third kappa shape index (κ3) is 6.70. The number of aliphatic imine (C=N–C) groups is 1. The van der Waals surface area contributed by atoms with E-state index >= 15 is 0 Å². The molecule has 0 aliphatic heterocycles. The maximum Gasteiger partial charge on any atom is 0.214 e. The molecule has 3 rings (SSSR count). The summed E-state index contributed by atoms with van der Waals surface area (Å²) in [5.41, 5.74) is 2.58. The normalized spacial score (nSPS) is 15.8. The van der Waals surface area contributed by atoms with Crippen molar-refractivity contribution in [3.8, 4) is 11.3 Å². The van der Waals surface area contributed by atoms with Crippen molar-refractivity contribution in [2.45, 2.75) is 45.6 Å². The van der Waals surface area contributed by atoms with E-state index < -0.39 is 0 Å². The second-order valence-corrected chi connectivity index (χ2v) is 7.71. The highest BCUT2D eigenvalue weighted by Crippen LogP contribution is 2.40. The summed E-state index contributed by atoms with van der Waals surface area (Å²) in [7, 11) is 3.57. The molecule has 0 bridgehead atoms. The number of methoxy groups -OCH3 is 1. The zero-order chi connectivity index (χ0) is 19.8. The lowest BCUT2D eigenvalue weighted by molar-refractivity contribution is 0.138. The monoisotopic (exact) mass is 512 g/mol. The van der Waals surface area contributed by atoms with Crippen molar-refractivity contribution in [2.75, 3.05) is 27.3 Å². The average molecular weight is 512 g/mol. The third-order valence-electron chi connectivity index (χ3n) is 5.65. The number of nitrogens with zero attached hydrogens (tertiary/aromatic N) is 2. The van der Waals surface area contributed by atoms with Gasteiger partial charge in [-0.1, -0.05) is 42.7 Å². The van der Waals surface area contributed by atoms with Gasteiger partial charge in [-0.25, -0.2) is 4.98 Å². The van der Waals surface area contributed by atoms with E-state index in [-0.39, 0.29) is 24.0 Å². The lowest BCUT2D eigenvalue weighted by Gasteiger charge is -2.29. The van der Waals surface area contributed by atoms with Gasteiger partial charge in [0.25, 0.3) is 0 Å². The van der Waals surface area contributed by atoms with Crippen LogP contribution in [-0.2, 0) is 11.3 Å². The number of aryl methyl sites for hydroxylation is 1. The van der Waals surface area contributed by atoms with E-state index in [1.54, 1.807) is 20.4 Å². The Morgan fingerprint density at radius 1 is 1.21 bits per heavy atom. The van der Waals surface area contributed by atoms with Gasteiger partial charge < -0.3 is 19.8 Å². The minimum atomic E-state index is 0. The quantitative estimate of drug-likeness (QED) is 0.309. The molecule has 1 aromatic carbocycles. The van der Waals surface area contributed by atoms with Crippen molar-refractivity contribution in [1.29, 1.82) is 0 Å². The van der Waals surface area contributed by atoms with E-state index in [4.69, 9.17) is 9.15 Å². The highest BCUT2D eigenvalue weighted by molar-refractivity contribution is 14.0. The smallest absolute Gasteiger partial charge is 0.214 e. The summed E-state index contributed by atoms with van der Waals surface area (Å²) < 4.78 is 11.2. The molecule has 2 N–H and O–H groups in total. The summed E-state index contributed by atoms with van der Waals surface area (Å²) in [5, 5.41) is 6.80. The van der Waals surface area contributed by atoms with E-state index in [1.807, 2.05) is 0 Å². The number of halogens is 1. The Hall–Kier alpha value is -1.61. The molecule has 6 nitrogen and oxygen atoms in total. The van der Waals surface area contributed by atoms with Crippen molar-refractivity contribution in [3.05, 3.63) is 41.9 Å². The van der Waals surface area contributed by atoms with Gasteiger partial charge in [-0.05, 0) is 31.6 Å². The predicted octanol–water partition coefficient (Wildman–Crippen LogP) is 4.53. The molecule has 1 aliphatic carbocycles. The van der Waals surface area contributed by atoms with Gasteiger partial charge in [0.05, 0.1) is 12.7 Å². The third-order valence-corrected chi connectivity index (χ3v) is 5.65. The van der Waals surface area contributed by atoms with E-state index in [9.17, 15) is 0 Å². The van der Waals surface area contributed by atoms with E-state index in [0.717, 1.165) is 36.9 Å². The zero-order valence-corrected chi connectivity index (χ0v) is 20.0. The van der Waals surface area contributed by atoms with E-state index in [2.05, 4.69) is 51.8 Å². The first kappa shape index (κ1) is 23.7. The van der Waals surface area contributed by atoms with Gasteiger partial charge in [-0.15, -0.1) is 24.0 Å². The van der Waals surface area contributed by atoms with Crippen molar-refractivity contribution in [2.24, 2.45) is 10.4 Å². The Morgan fingerprint density at radius 2 is 1.93 bits per heavy atom. The van der Waals surface area contributed by atoms with Crippen molar-refractivity contribution >= 4 is 29.9 Å². The molecule has 0 atom stereocenters. The molecule has 7 heteroatoms. The number of guanidine groups is 1. The number of nitrogens with one attached hydrogen (secondary N) is 2. The highest BCUT2D eigenvalue weighted by atomic mass is 127. The van der Waals surface area contributed by atoms with Crippen LogP contribution in [0.3, 0.4) is 0 Å². The number of ether oxygens (including phenoxy) is 1. The molecular formula is C22H33IN4O2. The van der Waals surface area contributed by atoms with Gasteiger partial charge in [0, 0.05) is 32.9 Å². The second kappa shape index (κ2) is 11.5. The maximum atomic E-state index is 5.88. The molecule has 1 aromatic heterocycles. The minimum Gasteiger partial charge on any atom is -0.439 e. The van der Waals surface area contributed by atoms with Crippen molar-refractivity contribution < 1.29 is 9.15 Å². The summed E-state index contributed by atoms with van der Waals surface area (Å²) in [6.45, 7) is 4.29. The lowest BCUT2D eigenvalue weighted by Crippen LogP contribution is -2.43. The largest absolute Gasteiger partial charge is 0.439 e. The Bertz CT molecular complexity index is 767. The maximum absolute atomic E-state index is 5.88. The van der Waals surface area contributed by atoms with Crippen LogP contribution in [0.4, 0.5) is 0 Å². The summed E-state index contributed by atoms with van der Waals surface area (Å²) in [4.78, 5) is 8.73. The molecule has 0 radical (unpaired) electrons. The molecule has 29 heavy (non-hydrogen) atoms. The van der Waals surface area contributed by atoms with Crippen LogP contribution in [0.25, 0.3) is 11.3 Å². The van der Waals surface area contributed by atoms with Crippen LogP contribution in [0.2, 0.25) is 0 Å². The topological polar surface area (TPSA) is 71.7 Å². The minimum absolute atomic E-state index is 0. The first-order valence-corrected chi connectivity index (χ1v) is 10.1. The van der Waals surface area contributed by atoms with Crippen LogP contribution in [0.5, 0.6) is 0 Å².